The lowest BCUT2D eigenvalue weighted by molar-refractivity contribution is 0.651. The van der Waals surface area contributed by atoms with Gasteiger partial charge in [-0.3, -0.25) is 0 Å². The molecule has 1 aliphatic rings. The highest BCUT2D eigenvalue weighted by Crippen LogP contribution is 2.36. The van der Waals surface area contributed by atoms with E-state index in [-0.39, 0.29) is 0 Å². The molecule has 0 aromatic heterocycles. The van der Waals surface area contributed by atoms with Crippen LogP contribution in [0.4, 0.5) is 0 Å². The first kappa shape index (κ1) is 6.05. The van der Waals surface area contributed by atoms with Crippen LogP contribution in [0, 0.1) is 11.8 Å². The molecule has 1 rings (SSSR count). The Hall–Kier alpha value is -0.0800. The van der Waals surface area contributed by atoms with Gasteiger partial charge >= 0.3 is 0 Å². The van der Waals surface area contributed by atoms with E-state index in [0.29, 0.717) is 0 Å². The van der Waals surface area contributed by atoms with E-state index in [1.54, 1.807) is 0 Å². The molecule has 1 aliphatic carbocycles. The molecule has 3 N–H and O–H groups in total. The summed E-state index contributed by atoms with van der Waals surface area (Å²) in [5, 5.41) is 3.14. The normalized spacial score (nSPS) is 35.2. The van der Waals surface area contributed by atoms with Crippen LogP contribution in [-0.2, 0) is 0 Å². The molecule has 0 aromatic rings. The zero-order valence-electron chi connectivity index (χ0n) is 5.35. The Morgan fingerprint density at radius 3 is 2.75 bits per heavy atom. The number of nitrogens with two attached hydrogens (primary N) is 1. The van der Waals surface area contributed by atoms with Gasteiger partial charge in [0.1, 0.15) is 0 Å². The SMILES string of the molecule is CNC[C@@H]1C[C@H]1CN. The molecular weight excluding hydrogens is 100 g/mol. The van der Waals surface area contributed by atoms with Gasteiger partial charge in [0.25, 0.3) is 0 Å². The molecule has 8 heavy (non-hydrogen) atoms. The Kier molecular flexibility index (Phi) is 1.86. The van der Waals surface area contributed by atoms with Crippen molar-refractivity contribution in [3.8, 4) is 0 Å². The highest BCUT2D eigenvalue weighted by molar-refractivity contribution is 4.87. The van der Waals surface area contributed by atoms with Crippen molar-refractivity contribution in [2.75, 3.05) is 20.1 Å². The van der Waals surface area contributed by atoms with Crippen LogP contribution in [0.25, 0.3) is 0 Å². The third-order valence-electron chi connectivity index (χ3n) is 1.84. The molecule has 0 bridgehead atoms. The minimum Gasteiger partial charge on any atom is -0.330 e. The summed E-state index contributed by atoms with van der Waals surface area (Å²) in [6.07, 6.45) is 1.34. The fourth-order valence-electron chi connectivity index (χ4n) is 1.11. The smallest absolute Gasteiger partial charge is 0.00203 e. The van der Waals surface area contributed by atoms with Crippen LogP contribution in [0.3, 0.4) is 0 Å². The van der Waals surface area contributed by atoms with Crippen molar-refractivity contribution in [1.29, 1.82) is 0 Å². The van der Waals surface area contributed by atoms with Crippen molar-refractivity contribution in [2.45, 2.75) is 6.42 Å². The lowest BCUT2D eigenvalue weighted by atomic mass is 10.3. The van der Waals surface area contributed by atoms with Crippen molar-refractivity contribution in [3.05, 3.63) is 0 Å². The Labute approximate surface area is 50.4 Å². The largest absolute Gasteiger partial charge is 0.330 e. The van der Waals surface area contributed by atoms with Crippen molar-refractivity contribution in [1.82, 2.24) is 5.32 Å². The van der Waals surface area contributed by atoms with Gasteiger partial charge in [-0.2, -0.15) is 0 Å². The molecule has 2 nitrogen and oxygen atoms in total. The van der Waals surface area contributed by atoms with Crippen LogP contribution in [0.5, 0.6) is 0 Å². The molecule has 1 fully saturated rings. The predicted molar refractivity (Wildman–Crippen MR) is 34.6 cm³/mol. The van der Waals surface area contributed by atoms with Crippen molar-refractivity contribution < 1.29 is 0 Å². The first-order valence-electron chi connectivity index (χ1n) is 3.23. The zero-order valence-corrected chi connectivity index (χ0v) is 5.35. The van der Waals surface area contributed by atoms with Gasteiger partial charge in [0.2, 0.25) is 0 Å². The molecule has 0 heterocycles. The third-order valence-corrected chi connectivity index (χ3v) is 1.84. The van der Waals surface area contributed by atoms with Crippen LogP contribution < -0.4 is 11.1 Å². The van der Waals surface area contributed by atoms with Crippen molar-refractivity contribution in [2.24, 2.45) is 17.6 Å². The van der Waals surface area contributed by atoms with Crippen LogP contribution in [0.15, 0.2) is 0 Å². The lowest BCUT2D eigenvalue weighted by Gasteiger charge is -1.92. The maximum absolute atomic E-state index is 5.43. The summed E-state index contributed by atoms with van der Waals surface area (Å²) in [4.78, 5) is 0. The minimum atomic E-state index is 0.836. The van der Waals surface area contributed by atoms with Gasteiger partial charge in [-0.05, 0) is 38.4 Å². The molecule has 48 valence electrons. The number of rotatable bonds is 3. The molecular formula is C6H14N2. The fourth-order valence-corrected chi connectivity index (χ4v) is 1.11. The first-order chi connectivity index (χ1) is 3.88. The summed E-state index contributed by atoms with van der Waals surface area (Å²) in [6, 6.07) is 0. The van der Waals surface area contributed by atoms with E-state index in [2.05, 4.69) is 5.32 Å². The van der Waals surface area contributed by atoms with E-state index >= 15 is 0 Å². The minimum absolute atomic E-state index is 0.836. The average molecular weight is 114 g/mol. The van der Waals surface area contributed by atoms with Crippen LogP contribution in [0.1, 0.15) is 6.42 Å². The summed E-state index contributed by atoms with van der Waals surface area (Å²) in [7, 11) is 1.99. The van der Waals surface area contributed by atoms with E-state index in [1.165, 1.54) is 6.42 Å². The summed E-state index contributed by atoms with van der Waals surface area (Å²) < 4.78 is 0. The van der Waals surface area contributed by atoms with E-state index in [0.717, 1.165) is 24.9 Å². The second-order valence-electron chi connectivity index (χ2n) is 2.55. The molecule has 0 amide bonds. The van der Waals surface area contributed by atoms with E-state index in [9.17, 15) is 0 Å². The van der Waals surface area contributed by atoms with Gasteiger partial charge in [0, 0.05) is 0 Å². The zero-order chi connectivity index (χ0) is 5.98. The maximum Gasteiger partial charge on any atom is -0.00203 e. The average Bonchev–Trinajstić information content (AvgIpc) is 2.48. The summed E-state index contributed by atoms with van der Waals surface area (Å²) in [6.45, 7) is 2.04. The quantitative estimate of drug-likeness (QED) is 0.533. The van der Waals surface area contributed by atoms with Gasteiger partial charge in [0.15, 0.2) is 0 Å². The standard InChI is InChI=1S/C6H14N2/c1-8-4-6-2-5(6)3-7/h5-6,8H,2-4,7H2,1H3/t5-,6-/m0/s1. The highest BCUT2D eigenvalue weighted by Gasteiger charge is 2.34. The van der Waals surface area contributed by atoms with Gasteiger partial charge in [-0.15, -0.1) is 0 Å². The van der Waals surface area contributed by atoms with Crippen LogP contribution in [-0.4, -0.2) is 20.1 Å². The predicted octanol–water partition coefficient (Wildman–Crippen LogP) is -0.199. The number of hydrogen-bond acceptors (Lipinski definition) is 2. The molecule has 0 radical (unpaired) electrons. The lowest BCUT2D eigenvalue weighted by Crippen LogP contribution is -2.12. The second kappa shape index (κ2) is 2.46. The molecule has 2 heteroatoms. The van der Waals surface area contributed by atoms with Gasteiger partial charge < -0.3 is 11.1 Å². The summed E-state index contributed by atoms with van der Waals surface area (Å²) in [5.74, 6) is 1.73. The number of hydrogen-bond donors (Lipinski definition) is 2. The monoisotopic (exact) mass is 114 g/mol. The third kappa shape index (κ3) is 1.20. The molecule has 0 aliphatic heterocycles. The van der Waals surface area contributed by atoms with Crippen molar-refractivity contribution >= 4 is 0 Å². The number of nitrogens with one attached hydrogen (secondary N) is 1. The molecule has 0 aromatic carbocycles. The van der Waals surface area contributed by atoms with Gasteiger partial charge in [0.05, 0.1) is 0 Å². The summed E-state index contributed by atoms with van der Waals surface area (Å²) in [5.41, 5.74) is 5.43. The Morgan fingerprint density at radius 2 is 2.38 bits per heavy atom. The molecule has 0 unspecified atom stereocenters. The summed E-state index contributed by atoms with van der Waals surface area (Å²) >= 11 is 0. The van der Waals surface area contributed by atoms with Gasteiger partial charge in [-0.1, -0.05) is 0 Å². The van der Waals surface area contributed by atoms with E-state index in [1.807, 2.05) is 7.05 Å². The molecule has 0 spiro atoms. The van der Waals surface area contributed by atoms with E-state index < -0.39 is 0 Å². The van der Waals surface area contributed by atoms with Gasteiger partial charge in [-0.25, -0.2) is 0 Å². The second-order valence-corrected chi connectivity index (χ2v) is 2.55. The van der Waals surface area contributed by atoms with Crippen molar-refractivity contribution in [3.63, 3.8) is 0 Å². The molecule has 2 atom stereocenters. The molecule has 1 saturated carbocycles. The Balaban J connectivity index is 1.99. The Bertz CT molecular complexity index is 72.9. The Morgan fingerprint density at radius 1 is 1.62 bits per heavy atom. The molecule has 0 saturated heterocycles. The van der Waals surface area contributed by atoms with Crippen LogP contribution in [0.2, 0.25) is 0 Å². The fraction of sp³-hybridized carbons (Fsp3) is 1.00. The highest BCUT2D eigenvalue weighted by atomic mass is 14.8. The topological polar surface area (TPSA) is 38.0 Å². The maximum atomic E-state index is 5.43. The van der Waals surface area contributed by atoms with Crippen LogP contribution >= 0.6 is 0 Å². The van der Waals surface area contributed by atoms with E-state index in [4.69, 9.17) is 5.73 Å². The first-order valence-corrected chi connectivity index (χ1v) is 3.23.